The third-order valence-corrected chi connectivity index (χ3v) is 4.25. The average Bonchev–Trinajstić information content (AvgIpc) is 3.01. The number of aromatic amines is 1. The molecule has 3 rings (SSSR count). The number of carbonyl (C=O) groups is 1. The molecule has 0 unspecified atom stereocenters. The molecule has 0 amide bonds. The lowest BCUT2D eigenvalue weighted by Crippen LogP contribution is -2.09. The van der Waals surface area contributed by atoms with Crippen LogP contribution >= 0.6 is 15.9 Å². The molecule has 0 saturated heterocycles. The zero-order chi connectivity index (χ0) is 18.7. The summed E-state index contributed by atoms with van der Waals surface area (Å²) in [5, 5.41) is 18.2. The van der Waals surface area contributed by atoms with Crippen LogP contribution in [0.25, 0.3) is 22.7 Å². The van der Waals surface area contributed by atoms with E-state index in [1.54, 1.807) is 24.3 Å². The Labute approximate surface area is 157 Å². The van der Waals surface area contributed by atoms with E-state index in [4.69, 9.17) is 9.84 Å². The highest BCUT2D eigenvalue weighted by atomic mass is 79.9. The van der Waals surface area contributed by atoms with Gasteiger partial charge in [-0.15, -0.1) is 0 Å². The van der Waals surface area contributed by atoms with E-state index < -0.39 is 12.6 Å². The number of benzene rings is 2. The molecule has 26 heavy (non-hydrogen) atoms. The number of hydrogen-bond donors (Lipinski definition) is 2. The van der Waals surface area contributed by atoms with Crippen LogP contribution in [0, 0.1) is 18.3 Å². The second-order valence-corrected chi connectivity index (χ2v) is 6.50. The molecule has 1 heterocycles. The molecular formula is C19H14BrN3O3. The molecule has 2 N–H and O–H groups in total. The first-order chi connectivity index (χ1) is 12.5. The number of H-pyrrole nitrogens is 1. The van der Waals surface area contributed by atoms with Gasteiger partial charge in [-0.25, -0.2) is 9.78 Å². The molecule has 0 saturated carbocycles. The Morgan fingerprint density at radius 1 is 1.38 bits per heavy atom. The number of nitriles is 1. The quantitative estimate of drug-likeness (QED) is 0.613. The van der Waals surface area contributed by atoms with Crippen LogP contribution in [-0.2, 0) is 4.79 Å². The number of hydrogen-bond acceptors (Lipinski definition) is 4. The number of carboxylic acids is 1. The highest BCUT2D eigenvalue weighted by Crippen LogP contribution is 2.28. The van der Waals surface area contributed by atoms with Gasteiger partial charge in [0, 0.05) is 0 Å². The Morgan fingerprint density at radius 3 is 2.88 bits per heavy atom. The summed E-state index contributed by atoms with van der Waals surface area (Å²) in [7, 11) is 0. The fourth-order valence-electron chi connectivity index (χ4n) is 2.43. The van der Waals surface area contributed by atoms with Crippen molar-refractivity contribution < 1.29 is 14.6 Å². The molecule has 130 valence electrons. The summed E-state index contributed by atoms with van der Waals surface area (Å²) < 4.78 is 5.77. The maximum atomic E-state index is 10.6. The number of rotatable bonds is 5. The Bertz CT molecular complexity index is 1060. The van der Waals surface area contributed by atoms with Gasteiger partial charge in [0.15, 0.2) is 6.61 Å². The first-order valence-corrected chi connectivity index (χ1v) is 8.48. The fourth-order valence-corrected chi connectivity index (χ4v) is 2.95. The van der Waals surface area contributed by atoms with E-state index in [1.165, 1.54) is 0 Å². The van der Waals surface area contributed by atoms with Gasteiger partial charge >= 0.3 is 5.97 Å². The van der Waals surface area contributed by atoms with Crippen molar-refractivity contribution >= 4 is 44.6 Å². The lowest BCUT2D eigenvalue weighted by atomic mass is 10.1. The van der Waals surface area contributed by atoms with E-state index >= 15 is 0 Å². The van der Waals surface area contributed by atoms with Crippen molar-refractivity contribution in [1.82, 2.24) is 9.97 Å². The zero-order valence-corrected chi connectivity index (χ0v) is 15.4. The normalized spacial score (nSPS) is 11.3. The number of aliphatic carboxylic acids is 1. The van der Waals surface area contributed by atoms with Crippen molar-refractivity contribution in [1.29, 1.82) is 5.26 Å². The minimum atomic E-state index is -1.05. The lowest BCUT2D eigenvalue weighted by molar-refractivity contribution is -0.139. The van der Waals surface area contributed by atoms with Crippen LogP contribution < -0.4 is 4.74 Å². The number of fused-ring (bicyclic) bond motifs is 1. The number of halogens is 1. The molecule has 0 aliphatic heterocycles. The number of aryl methyl sites for hydroxylation is 1. The third-order valence-electron chi connectivity index (χ3n) is 3.63. The van der Waals surface area contributed by atoms with E-state index in [2.05, 4.69) is 32.0 Å². The lowest BCUT2D eigenvalue weighted by Gasteiger charge is -2.06. The standard InChI is InChI=1S/C19H14BrN3O3/c1-11-2-4-15-16(6-11)23-19(22-15)13(9-21)7-12-3-5-17(14(20)8-12)26-10-18(24)25/h2-8H,10H2,1H3,(H,22,23)(H,24,25). The Kier molecular flexibility index (Phi) is 5.05. The van der Waals surface area contributed by atoms with Gasteiger partial charge < -0.3 is 14.8 Å². The van der Waals surface area contributed by atoms with Gasteiger partial charge in [-0.05, 0) is 64.3 Å². The number of aromatic nitrogens is 2. The van der Waals surface area contributed by atoms with Crippen LogP contribution in [0.5, 0.6) is 5.75 Å². The van der Waals surface area contributed by atoms with E-state index in [9.17, 15) is 10.1 Å². The van der Waals surface area contributed by atoms with E-state index in [0.717, 1.165) is 22.2 Å². The van der Waals surface area contributed by atoms with Crippen molar-refractivity contribution in [3.05, 3.63) is 57.8 Å². The molecule has 3 aromatic rings. The van der Waals surface area contributed by atoms with E-state index in [1.807, 2.05) is 25.1 Å². The van der Waals surface area contributed by atoms with Crippen molar-refractivity contribution in [2.75, 3.05) is 6.61 Å². The topological polar surface area (TPSA) is 99.0 Å². The summed E-state index contributed by atoms with van der Waals surface area (Å²) in [6.07, 6.45) is 1.70. The molecule has 2 aromatic carbocycles. The minimum Gasteiger partial charge on any atom is -0.481 e. The van der Waals surface area contributed by atoms with E-state index in [0.29, 0.717) is 21.6 Å². The maximum Gasteiger partial charge on any atom is 0.341 e. The molecule has 1 aromatic heterocycles. The molecule has 0 aliphatic carbocycles. The molecule has 0 radical (unpaired) electrons. The van der Waals surface area contributed by atoms with Gasteiger partial charge in [0.2, 0.25) is 0 Å². The third kappa shape index (κ3) is 3.92. The number of ether oxygens (including phenoxy) is 1. The second kappa shape index (κ2) is 7.42. The highest BCUT2D eigenvalue weighted by molar-refractivity contribution is 9.10. The summed E-state index contributed by atoms with van der Waals surface area (Å²) in [6, 6.07) is 13.2. The van der Waals surface area contributed by atoms with Crippen molar-refractivity contribution in [2.24, 2.45) is 0 Å². The highest BCUT2D eigenvalue weighted by Gasteiger charge is 2.09. The van der Waals surface area contributed by atoms with Gasteiger partial charge in [-0.3, -0.25) is 0 Å². The molecule has 0 spiro atoms. The van der Waals surface area contributed by atoms with Crippen LogP contribution in [-0.4, -0.2) is 27.7 Å². The summed E-state index contributed by atoms with van der Waals surface area (Å²) in [5.41, 5.74) is 3.93. The molecule has 0 aliphatic rings. The number of allylic oxidation sites excluding steroid dienone is 1. The SMILES string of the molecule is Cc1ccc2nc(C(C#N)=Cc3ccc(OCC(=O)O)c(Br)c3)[nH]c2c1. The molecule has 6 nitrogen and oxygen atoms in total. The fraction of sp³-hybridized carbons (Fsp3) is 0.105. The smallest absolute Gasteiger partial charge is 0.341 e. The summed E-state index contributed by atoms with van der Waals surface area (Å²) in [5.74, 6) is -0.134. The number of carboxylic acid groups (broad SMARTS) is 1. The predicted molar refractivity (Wildman–Crippen MR) is 102 cm³/mol. The van der Waals surface area contributed by atoms with Crippen LogP contribution in [0.3, 0.4) is 0 Å². The van der Waals surface area contributed by atoms with Gasteiger partial charge in [0.05, 0.1) is 21.1 Å². The van der Waals surface area contributed by atoms with Crippen LogP contribution in [0.15, 0.2) is 40.9 Å². The van der Waals surface area contributed by atoms with Crippen molar-refractivity contribution in [2.45, 2.75) is 6.92 Å². The monoisotopic (exact) mass is 411 g/mol. The molecule has 0 atom stereocenters. The Balaban J connectivity index is 1.92. The summed E-state index contributed by atoms with van der Waals surface area (Å²) in [6.45, 7) is 1.57. The van der Waals surface area contributed by atoms with Crippen LogP contribution in [0.1, 0.15) is 17.0 Å². The van der Waals surface area contributed by atoms with E-state index in [-0.39, 0.29) is 0 Å². The van der Waals surface area contributed by atoms with Crippen molar-refractivity contribution in [3.8, 4) is 11.8 Å². The van der Waals surface area contributed by atoms with Crippen LogP contribution in [0.4, 0.5) is 0 Å². The summed E-state index contributed by atoms with van der Waals surface area (Å²) >= 11 is 3.35. The Morgan fingerprint density at radius 2 is 2.19 bits per heavy atom. The number of nitrogens with one attached hydrogen (secondary N) is 1. The predicted octanol–water partition coefficient (Wildman–Crippen LogP) is 4.16. The average molecular weight is 412 g/mol. The second-order valence-electron chi connectivity index (χ2n) is 5.65. The zero-order valence-electron chi connectivity index (χ0n) is 13.8. The molecule has 0 bridgehead atoms. The van der Waals surface area contributed by atoms with Gasteiger partial charge in [-0.1, -0.05) is 12.1 Å². The van der Waals surface area contributed by atoms with Crippen molar-refractivity contribution in [3.63, 3.8) is 0 Å². The number of imidazole rings is 1. The van der Waals surface area contributed by atoms with Gasteiger partial charge in [0.25, 0.3) is 0 Å². The first kappa shape index (κ1) is 17.7. The molecule has 0 fully saturated rings. The van der Waals surface area contributed by atoms with Gasteiger partial charge in [-0.2, -0.15) is 5.26 Å². The first-order valence-electron chi connectivity index (χ1n) is 7.69. The van der Waals surface area contributed by atoms with Gasteiger partial charge in [0.1, 0.15) is 17.6 Å². The minimum absolute atomic E-state index is 0.393. The maximum absolute atomic E-state index is 10.6. The Hall–Kier alpha value is -3.11. The molecular weight excluding hydrogens is 398 g/mol. The van der Waals surface area contributed by atoms with Crippen LogP contribution in [0.2, 0.25) is 0 Å². The largest absolute Gasteiger partial charge is 0.481 e. The molecule has 7 heteroatoms. The number of nitrogens with zero attached hydrogens (tertiary/aromatic N) is 2. The summed E-state index contributed by atoms with van der Waals surface area (Å²) in [4.78, 5) is 18.2.